The third-order valence-electron chi connectivity index (χ3n) is 4.47. The van der Waals surface area contributed by atoms with Gasteiger partial charge in [-0.2, -0.15) is 0 Å². The summed E-state index contributed by atoms with van der Waals surface area (Å²) in [4.78, 5) is 26.5. The van der Waals surface area contributed by atoms with Crippen LogP contribution in [0.25, 0.3) is 0 Å². The maximum atomic E-state index is 12.3. The number of ether oxygens (including phenoxy) is 2. The Kier molecular flexibility index (Phi) is 5.09. The normalized spacial score (nSPS) is 19.9. The molecule has 0 saturated heterocycles. The van der Waals surface area contributed by atoms with Crippen LogP contribution in [0.3, 0.4) is 0 Å². The quantitative estimate of drug-likeness (QED) is 0.813. The molecule has 2 aliphatic carbocycles. The van der Waals surface area contributed by atoms with E-state index in [1.165, 1.54) is 23.3 Å². The number of fused-ring (bicyclic) bond motifs is 1. The Balaban J connectivity index is 1.76. The standard InChI is InChI=1S/C19H27NO4S/c1-5-23-17(21)16-13-9-8-12(20-18(22)24-19(2,3)4)10-14(13)15(25-16)11-6-7-11/h11-12H,5-10H2,1-4H3,(H,20,22). The fourth-order valence-corrected chi connectivity index (χ4v) is 4.75. The van der Waals surface area contributed by atoms with Crippen molar-refractivity contribution in [1.82, 2.24) is 5.32 Å². The maximum absolute atomic E-state index is 12.3. The molecule has 1 fully saturated rings. The van der Waals surface area contributed by atoms with Crippen LogP contribution in [0.5, 0.6) is 0 Å². The number of thiophene rings is 1. The minimum absolute atomic E-state index is 0.0597. The Morgan fingerprint density at radius 2 is 1.92 bits per heavy atom. The fourth-order valence-electron chi connectivity index (χ4n) is 3.31. The molecule has 1 saturated carbocycles. The van der Waals surface area contributed by atoms with Crippen LogP contribution in [-0.2, 0) is 22.3 Å². The van der Waals surface area contributed by atoms with Gasteiger partial charge >= 0.3 is 12.1 Å². The van der Waals surface area contributed by atoms with Crippen molar-refractivity contribution in [2.75, 3.05) is 6.61 Å². The molecule has 1 heterocycles. The Morgan fingerprint density at radius 3 is 2.52 bits per heavy atom. The largest absolute Gasteiger partial charge is 0.462 e. The van der Waals surface area contributed by atoms with Crippen molar-refractivity contribution in [3.8, 4) is 0 Å². The lowest BCUT2D eigenvalue weighted by Crippen LogP contribution is -2.42. The van der Waals surface area contributed by atoms with E-state index in [0.29, 0.717) is 12.5 Å². The average Bonchev–Trinajstić information content (AvgIpc) is 3.26. The van der Waals surface area contributed by atoms with Crippen molar-refractivity contribution in [2.45, 2.75) is 77.4 Å². The number of hydrogen-bond acceptors (Lipinski definition) is 5. The molecule has 1 atom stereocenters. The molecule has 0 aromatic carbocycles. The molecule has 0 bridgehead atoms. The number of amides is 1. The van der Waals surface area contributed by atoms with Gasteiger partial charge in [0.05, 0.1) is 6.61 Å². The van der Waals surface area contributed by atoms with Gasteiger partial charge < -0.3 is 14.8 Å². The molecule has 25 heavy (non-hydrogen) atoms. The zero-order chi connectivity index (χ0) is 18.2. The second-order valence-corrected chi connectivity index (χ2v) is 8.89. The van der Waals surface area contributed by atoms with E-state index in [1.807, 2.05) is 27.7 Å². The number of carbonyl (C=O) groups is 2. The van der Waals surface area contributed by atoms with Crippen molar-refractivity contribution >= 4 is 23.4 Å². The van der Waals surface area contributed by atoms with Crippen LogP contribution in [0, 0.1) is 0 Å². The van der Waals surface area contributed by atoms with Gasteiger partial charge in [-0.05, 0) is 76.8 Å². The van der Waals surface area contributed by atoms with Crippen molar-refractivity contribution in [3.05, 3.63) is 20.9 Å². The van der Waals surface area contributed by atoms with E-state index >= 15 is 0 Å². The van der Waals surface area contributed by atoms with Crippen molar-refractivity contribution in [2.24, 2.45) is 0 Å². The van der Waals surface area contributed by atoms with Crippen LogP contribution in [0.2, 0.25) is 0 Å². The summed E-state index contributed by atoms with van der Waals surface area (Å²) < 4.78 is 10.6. The first kappa shape index (κ1) is 18.2. The summed E-state index contributed by atoms with van der Waals surface area (Å²) in [6.45, 7) is 7.82. The molecule has 1 aromatic heterocycles. The Morgan fingerprint density at radius 1 is 1.20 bits per heavy atom. The highest BCUT2D eigenvalue weighted by atomic mass is 32.1. The topological polar surface area (TPSA) is 64.6 Å². The summed E-state index contributed by atoms with van der Waals surface area (Å²) in [5, 5.41) is 2.99. The first-order chi connectivity index (χ1) is 11.8. The second-order valence-electron chi connectivity index (χ2n) is 7.83. The minimum Gasteiger partial charge on any atom is -0.462 e. The van der Waals surface area contributed by atoms with Crippen molar-refractivity contribution in [1.29, 1.82) is 0 Å². The van der Waals surface area contributed by atoms with Gasteiger partial charge in [-0.3, -0.25) is 0 Å². The Labute approximate surface area is 153 Å². The van der Waals surface area contributed by atoms with E-state index in [2.05, 4.69) is 5.32 Å². The summed E-state index contributed by atoms with van der Waals surface area (Å²) in [6, 6.07) is 0.0597. The highest BCUT2D eigenvalue weighted by Crippen LogP contribution is 2.48. The lowest BCUT2D eigenvalue weighted by atomic mass is 9.87. The molecule has 5 nitrogen and oxygen atoms in total. The lowest BCUT2D eigenvalue weighted by molar-refractivity contribution is 0.0493. The molecule has 6 heteroatoms. The van der Waals surface area contributed by atoms with E-state index in [0.717, 1.165) is 29.7 Å². The number of esters is 1. The molecule has 0 spiro atoms. The molecule has 3 rings (SSSR count). The van der Waals surface area contributed by atoms with Gasteiger partial charge in [-0.15, -0.1) is 11.3 Å². The van der Waals surface area contributed by atoms with Gasteiger partial charge in [-0.1, -0.05) is 0 Å². The molecular formula is C19H27NO4S. The van der Waals surface area contributed by atoms with Gasteiger partial charge in [0.15, 0.2) is 0 Å². The zero-order valence-electron chi connectivity index (χ0n) is 15.4. The SMILES string of the molecule is CCOC(=O)c1sc(C2CC2)c2c1CCC(NC(=O)OC(C)(C)C)C2. The number of hydrogen-bond donors (Lipinski definition) is 1. The third kappa shape index (κ3) is 4.35. The molecule has 138 valence electrons. The number of rotatable bonds is 4. The Bertz CT molecular complexity index is 670. The van der Waals surface area contributed by atoms with E-state index < -0.39 is 5.60 Å². The van der Waals surface area contributed by atoms with Crippen LogP contribution in [0.1, 0.15) is 78.6 Å². The van der Waals surface area contributed by atoms with Gasteiger partial charge in [0.1, 0.15) is 10.5 Å². The van der Waals surface area contributed by atoms with E-state index in [-0.39, 0.29) is 18.1 Å². The first-order valence-electron chi connectivity index (χ1n) is 9.09. The second kappa shape index (κ2) is 6.98. The van der Waals surface area contributed by atoms with Crippen LogP contribution >= 0.6 is 11.3 Å². The summed E-state index contributed by atoms with van der Waals surface area (Å²) in [7, 11) is 0. The molecule has 1 aromatic rings. The van der Waals surface area contributed by atoms with Crippen LogP contribution in [-0.4, -0.2) is 30.3 Å². The highest BCUT2D eigenvalue weighted by Gasteiger charge is 2.36. The fraction of sp³-hybridized carbons (Fsp3) is 0.684. The van der Waals surface area contributed by atoms with E-state index in [1.54, 1.807) is 11.3 Å². The van der Waals surface area contributed by atoms with Crippen molar-refractivity contribution < 1.29 is 19.1 Å². The maximum Gasteiger partial charge on any atom is 0.407 e. The minimum atomic E-state index is -0.497. The van der Waals surface area contributed by atoms with Gasteiger partial charge in [-0.25, -0.2) is 9.59 Å². The Hall–Kier alpha value is -1.56. The summed E-state index contributed by atoms with van der Waals surface area (Å²) in [5.74, 6) is 0.386. The van der Waals surface area contributed by atoms with Gasteiger partial charge in [0.2, 0.25) is 0 Å². The number of carbonyl (C=O) groups excluding carboxylic acids is 2. The van der Waals surface area contributed by atoms with Crippen LogP contribution in [0.4, 0.5) is 4.79 Å². The zero-order valence-corrected chi connectivity index (χ0v) is 16.3. The highest BCUT2D eigenvalue weighted by molar-refractivity contribution is 7.14. The van der Waals surface area contributed by atoms with E-state index in [9.17, 15) is 9.59 Å². The van der Waals surface area contributed by atoms with Crippen LogP contribution < -0.4 is 5.32 Å². The smallest absolute Gasteiger partial charge is 0.407 e. The lowest BCUT2D eigenvalue weighted by Gasteiger charge is -2.27. The summed E-state index contributed by atoms with van der Waals surface area (Å²) in [5.41, 5.74) is 1.91. The summed E-state index contributed by atoms with van der Waals surface area (Å²) >= 11 is 1.61. The predicted octanol–water partition coefficient (Wildman–Crippen LogP) is 4.18. The van der Waals surface area contributed by atoms with Gasteiger partial charge in [0.25, 0.3) is 0 Å². The molecule has 1 unspecified atom stereocenters. The molecule has 1 N–H and O–H groups in total. The molecule has 0 radical (unpaired) electrons. The molecular weight excluding hydrogens is 338 g/mol. The average molecular weight is 365 g/mol. The van der Waals surface area contributed by atoms with E-state index in [4.69, 9.17) is 9.47 Å². The number of alkyl carbamates (subject to hydrolysis) is 1. The summed E-state index contributed by atoms with van der Waals surface area (Å²) in [6.07, 6.45) is 4.41. The predicted molar refractivity (Wildman–Crippen MR) is 97.4 cm³/mol. The first-order valence-corrected chi connectivity index (χ1v) is 9.91. The van der Waals surface area contributed by atoms with Crippen molar-refractivity contribution in [3.63, 3.8) is 0 Å². The van der Waals surface area contributed by atoms with Crippen LogP contribution in [0.15, 0.2) is 0 Å². The third-order valence-corrected chi connectivity index (χ3v) is 5.89. The molecule has 0 aliphatic heterocycles. The monoisotopic (exact) mass is 365 g/mol. The number of nitrogens with one attached hydrogen (secondary N) is 1. The molecule has 2 aliphatic rings. The van der Waals surface area contributed by atoms with Gasteiger partial charge in [0, 0.05) is 10.9 Å². The molecule has 1 amide bonds.